The number of nitrogen functional groups attached to an aromatic ring is 1. The number of nitrogens with zero attached hydrogens (tertiary/aromatic N) is 1. The fraction of sp³-hybridized carbons (Fsp3) is 0. The number of hydrazone groups is 1. The van der Waals surface area contributed by atoms with E-state index in [1.54, 1.807) is 36.4 Å². The SMILES string of the molecule is Nc1cccc(C(=O)N/N=C\c2ccccc2F)c1. The topological polar surface area (TPSA) is 67.5 Å². The number of halogens is 1. The van der Waals surface area contributed by atoms with Crippen LogP contribution in [0.5, 0.6) is 0 Å². The molecule has 0 radical (unpaired) electrons. The number of carbonyl (C=O) groups excluding carboxylic acids is 1. The van der Waals surface area contributed by atoms with Gasteiger partial charge in [-0.25, -0.2) is 9.82 Å². The lowest BCUT2D eigenvalue weighted by Gasteiger charge is -2.01. The lowest BCUT2D eigenvalue weighted by Crippen LogP contribution is -2.17. The van der Waals surface area contributed by atoms with E-state index in [0.29, 0.717) is 16.8 Å². The number of amides is 1. The van der Waals surface area contributed by atoms with Gasteiger partial charge in [-0.2, -0.15) is 5.10 Å². The summed E-state index contributed by atoms with van der Waals surface area (Å²) in [4.78, 5) is 11.7. The number of hydrogen-bond acceptors (Lipinski definition) is 3. The molecule has 2 aromatic carbocycles. The number of carbonyl (C=O) groups is 1. The molecule has 0 aliphatic carbocycles. The fourth-order valence-electron chi connectivity index (χ4n) is 1.48. The van der Waals surface area contributed by atoms with Gasteiger partial charge >= 0.3 is 0 Å². The molecule has 4 nitrogen and oxygen atoms in total. The summed E-state index contributed by atoms with van der Waals surface area (Å²) in [5.74, 6) is -0.802. The zero-order valence-electron chi connectivity index (χ0n) is 10.0. The Kier molecular flexibility index (Phi) is 3.87. The molecule has 0 aliphatic rings. The van der Waals surface area contributed by atoms with E-state index in [1.807, 2.05) is 0 Å². The predicted molar refractivity (Wildman–Crippen MR) is 72.3 cm³/mol. The van der Waals surface area contributed by atoms with Gasteiger partial charge < -0.3 is 5.73 Å². The number of benzene rings is 2. The molecule has 96 valence electrons. The highest BCUT2D eigenvalue weighted by Crippen LogP contribution is 2.06. The molecule has 0 aromatic heterocycles. The van der Waals surface area contributed by atoms with Crippen molar-refractivity contribution < 1.29 is 9.18 Å². The van der Waals surface area contributed by atoms with E-state index in [2.05, 4.69) is 10.5 Å². The molecule has 0 unspecified atom stereocenters. The summed E-state index contributed by atoms with van der Waals surface area (Å²) >= 11 is 0. The van der Waals surface area contributed by atoms with Crippen molar-refractivity contribution in [3.8, 4) is 0 Å². The van der Waals surface area contributed by atoms with Crippen molar-refractivity contribution in [1.82, 2.24) is 5.43 Å². The highest BCUT2D eigenvalue weighted by molar-refractivity contribution is 5.95. The Morgan fingerprint density at radius 3 is 2.74 bits per heavy atom. The van der Waals surface area contributed by atoms with Crippen LogP contribution in [0, 0.1) is 5.82 Å². The molecule has 5 heteroatoms. The second-order valence-corrected chi connectivity index (χ2v) is 3.85. The third-order valence-corrected chi connectivity index (χ3v) is 2.42. The summed E-state index contributed by atoms with van der Waals surface area (Å²) in [6, 6.07) is 12.6. The van der Waals surface area contributed by atoms with Gasteiger partial charge in [0.25, 0.3) is 5.91 Å². The van der Waals surface area contributed by atoms with Crippen LogP contribution < -0.4 is 11.2 Å². The molecule has 0 saturated heterocycles. The minimum absolute atomic E-state index is 0.301. The molecule has 2 aromatic rings. The molecular weight excluding hydrogens is 245 g/mol. The Hall–Kier alpha value is -2.69. The third kappa shape index (κ3) is 3.38. The Morgan fingerprint density at radius 1 is 1.21 bits per heavy atom. The molecule has 0 aliphatic heterocycles. The van der Waals surface area contributed by atoms with Gasteiger partial charge in [-0.3, -0.25) is 4.79 Å². The zero-order chi connectivity index (χ0) is 13.7. The van der Waals surface area contributed by atoms with Gasteiger partial charge in [0.15, 0.2) is 0 Å². The van der Waals surface area contributed by atoms with Crippen LogP contribution in [0.1, 0.15) is 15.9 Å². The van der Waals surface area contributed by atoms with E-state index >= 15 is 0 Å². The summed E-state index contributed by atoms with van der Waals surface area (Å²) in [5, 5.41) is 3.70. The average molecular weight is 257 g/mol. The lowest BCUT2D eigenvalue weighted by molar-refractivity contribution is 0.0955. The summed E-state index contributed by atoms with van der Waals surface area (Å²) in [6.07, 6.45) is 1.25. The predicted octanol–water partition coefficient (Wildman–Crippen LogP) is 2.17. The average Bonchev–Trinajstić information content (AvgIpc) is 2.41. The van der Waals surface area contributed by atoms with Crippen LogP contribution in [0.4, 0.5) is 10.1 Å². The van der Waals surface area contributed by atoms with E-state index in [4.69, 9.17) is 5.73 Å². The molecule has 0 bridgehead atoms. The summed E-state index contributed by atoms with van der Waals surface area (Å²) < 4.78 is 13.3. The van der Waals surface area contributed by atoms with Gasteiger partial charge in [-0.15, -0.1) is 0 Å². The molecule has 2 rings (SSSR count). The van der Waals surface area contributed by atoms with Gasteiger partial charge in [-0.1, -0.05) is 24.3 Å². The Bertz CT molecular complexity index is 626. The summed E-state index contributed by atoms with van der Waals surface area (Å²) in [7, 11) is 0. The smallest absolute Gasteiger partial charge is 0.271 e. The molecule has 0 atom stereocenters. The first-order valence-corrected chi connectivity index (χ1v) is 5.60. The maximum absolute atomic E-state index is 13.3. The Morgan fingerprint density at radius 2 is 2.00 bits per heavy atom. The van der Waals surface area contributed by atoms with Gasteiger partial charge in [0, 0.05) is 16.8 Å². The molecule has 0 fully saturated rings. The van der Waals surface area contributed by atoms with Crippen molar-refractivity contribution >= 4 is 17.8 Å². The zero-order valence-corrected chi connectivity index (χ0v) is 10.0. The van der Waals surface area contributed by atoms with Crippen LogP contribution in [0.3, 0.4) is 0 Å². The van der Waals surface area contributed by atoms with E-state index in [1.165, 1.54) is 18.3 Å². The van der Waals surface area contributed by atoms with Crippen molar-refractivity contribution in [3.05, 3.63) is 65.5 Å². The van der Waals surface area contributed by atoms with Gasteiger partial charge in [-0.05, 0) is 24.3 Å². The minimum Gasteiger partial charge on any atom is -0.399 e. The molecule has 0 spiro atoms. The second kappa shape index (κ2) is 5.77. The quantitative estimate of drug-likeness (QED) is 0.502. The first-order chi connectivity index (χ1) is 9.16. The second-order valence-electron chi connectivity index (χ2n) is 3.85. The molecule has 0 saturated carbocycles. The van der Waals surface area contributed by atoms with Gasteiger partial charge in [0.05, 0.1) is 6.21 Å². The lowest BCUT2D eigenvalue weighted by atomic mass is 10.2. The highest BCUT2D eigenvalue weighted by Gasteiger charge is 2.03. The van der Waals surface area contributed by atoms with E-state index < -0.39 is 11.7 Å². The molecule has 1 amide bonds. The Balaban J connectivity index is 2.03. The molecule has 0 heterocycles. The number of nitrogens with two attached hydrogens (primary N) is 1. The minimum atomic E-state index is -0.403. The number of hydrogen-bond donors (Lipinski definition) is 2. The van der Waals surface area contributed by atoms with Crippen LogP contribution in [-0.2, 0) is 0 Å². The van der Waals surface area contributed by atoms with Crippen molar-refractivity contribution in [2.75, 3.05) is 5.73 Å². The van der Waals surface area contributed by atoms with Crippen LogP contribution >= 0.6 is 0 Å². The van der Waals surface area contributed by atoms with E-state index in [-0.39, 0.29) is 0 Å². The van der Waals surface area contributed by atoms with Gasteiger partial charge in [0.1, 0.15) is 5.82 Å². The highest BCUT2D eigenvalue weighted by atomic mass is 19.1. The normalized spacial score (nSPS) is 10.6. The monoisotopic (exact) mass is 257 g/mol. The molecule has 3 N–H and O–H groups in total. The maximum Gasteiger partial charge on any atom is 0.271 e. The summed E-state index contributed by atoms with van der Waals surface area (Å²) in [5.41, 5.74) is 9.06. The maximum atomic E-state index is 13.3. The van der Waals surface area contributed by atoms with Crippen molar-refractivity contribution in [3.63, 3.8) is 0 Å². The molecular formula is C14H12FN3O. The number of anilines is 1. The van der Waals surface area contributed by atoms with Crippen LogP contribution in [0.2, 0.25) is 0 Å². The largest absolute Gasteiger partial charge is 0.399 e. The summed E-state index contributed by atoms with van der Waals surface area (Å²) in [6.45, 7) is 0. The standard InChI is InChI=1S/C14H12FN3O/c15-13-7-2-1-4-11(13)9-17-18-14(19)10-5-3-6-12(16)8-10/h1-9H,16H2,(H,18,19)/b17-9-. The van der Waals surface area contributed by atoms with E-state index in [0.717, 1.165) is 0 Å². The first-order valence-electron chi connectivity index (χ1n) is 5.60. The van der Waals surface area contributed by atoms with Crippen molar-refractivity contribution in [2.45, 2.75) is 0 Å². The number of rotatable bonds is 3. The van der Waals surface area contributed by atoms with Crippen LogP contribution in [0.15, 0.2) is 53.6 Å². The fourth-order valence-corrected chi connectivity index (χ4v) is 1.48. The van der Waals surface area contributed by atoms with Crippen molar-refractivity contribution in [1.29, 1.82) is 0 Å². The van der Waals surface area contributed by atoms with Gasteiger partial charge in [0.2, 0.25) is 0 Å². The van der Waals surface area contributed by atoms with Crippen LogP contribution in [0.25, 0.3) is 0 Å². The Labute approximate surface area is 109 Å². The first kappa shape index (κ1) is 12.8. The van der Waals surface area contributed by atoms with E-state index in [9.17, 15) is 9.18 Å². The molecule has 19 heavy (non-hydrogen) atoms. The number of nitrogens with one attached hydrogen (secondary N) is 1. The third-order valence-electron chi connectivity index (χ3n) is 2.42. The van der Waals surface area contributed by atoms with Crippen LogP contribution in [-0.4, -0.2) is 12.1 Å². The van der Waals surface area contributed by atoms with Crippen molar-refractivity contribution in [2.24, 2.45) is 5.10 Å².